The maximum Gasteiger partial charge on any atom is 0.341 e. The molecule has 0 fully saturated rings. The van der Waals surface area contributed by atoms with Crippen molar-refractivity contribution in [3.8, 4) is 0 Å². The number of rotatable bonds is 12. The van der Waals surface area contributed by atoms with E-state index in [2.05, 4.69) is 11.7 Å². The third kappa shape index (κ3) is 13.0. The molecule has 0 aliphatic carbocycles. The minimum absolute atomic E-state index is 0.336. The number of unbranched alkanes of at least 4 members (excludes halogenated alkanes) is 8. The van der Waals surface area contributed by atoms with Crippen LogP contribution in [0.25, 0.3) is 0 Å². The molecule has 106 valence electrons. The van der Waals surface area contributed by atoms with Crippen molar-refractivity contribution < 1.29 is 19.4 Å². The van der Waals surface area contributed by atoms with E-state index in [1.54, 1.807) is 0 Å². The summed E-state index contributed by atoms with van der Waals surface area (Å²) in [5, 5.41) is 8.32. The van der Waals surface area contributed by atoms with E-state index in [0.29, 0.717) is 6.42 Å². The number of carboxylic acid groups (broad SMARTS) is 1. The summed E-state index contributed by atoms with van der Waals surface area (Å²) in [6.07, 6.45) is 11.1. The van der Waals surface area contributed by atoms with Crippen molar-refractivity contribution in [2.75, 3.05) is 6.61 Å². The summed E-state index contributed by atoms with van der Waals surface area (Å²) in [7, 11) is 0. The zero-order valence-corrected chi connectivity index (χ0v) is 11.5. The second-order valence-electron chi connectivity index (χ2n) is 4.63. The molecule has 0 aromatic heterocycles. The molecule has 1 N–H and O–H groups in total. The van der Waals surface area contributed by atoms with Crippen LogP contribution in [0.4, 0.5) is 0 Å². The Balaban J connectivity index is 3.15. The van der Waals surface area contributed by atoms with Crippen molar-refractivity contribution in [3.05, 3.63) is 0 Å². The lowest BCUT2D eigenvalue weighted by molar-refractivity contribution is -0.155. The molecule has 4 heteroatoms. The number of ether oxygens (including phenoxy) is 1. The molecule has 0 atom stereocenters. The largest absolute Gasteiger partial charge is 0.479 e. The summed E-state index contributed by atoms with van der Waals surface area (Å²) >= 11 is 0. The fourth-order valence-electron chi connectivity index (χ4n) is 1.79. The molecule has 0 spiro atoms. The summed E-state index contributed by atoms with van der Waals surface area (Å²) in [4.78, 5) is 21.2. The van der Waals surface area contributed by atoms with Gasteiger partial charge in [0.2, 0.25) is 0 Å². The average molecular weight is 258 g/mol. The van der Waals surface area contributed by atoms with Gasteiger partial charge in [0.05, 0.1) is 0 Å². The molecule has 0 rings (SSSR count). The third-order valence-corrected chi connectivity index (χ3v) is 2.84. The van der Waals surface area contributed by atoms with Crippen LogP contribution in [-0.2, 0) is 14.3 Å². The lowest BCUT2D eigenvalue weighted by atomic mass is 10.1. The molecule has 0 radical (unpaired) electrons. The summed E-state index contributed by atoms with van der Waals surface area (Å²) in [6.45, 7) is 1.69. The van der Waals surface area contributed by atoms with Crippen molar-refractivity contribution in [3.63, 3.8) is 0 Å². The van der Waals surface area contributed by atoms with Gasteiger partial charge in [-0.15, -0.1) is 0 Å². The van der Waals surface area contributed by atoms with Crippen LogP contribution in [0.1, 0.15) is 71.1 Å². The van der Waals surface area contributed by atoms with Crippen LogP contribution in [0.2, 0.25) is 0 Å². The van der Waals surface area contributed by atoms with E-state index in [1.807, 2.05) is 0 Å². The van der Waals surface area contributed by atoms with Gasteiger partial charge in [-0.25, -0.2) is 4.79 Å². The van der Waals surface area contributed by atoms with Gasteiger partial charge in [0, 0.05) is 6.42 Å². The molecule has 0 heterocycles. The van der Waals surface area contributed by atoms with E-state index in [-0.39, 0.29) is 0 Å². The molecular weight excluding hydrogens is 232 g/mol. The van der Waals surface area contributed by atoms with Gasteiger partial charge < -0.3 is 9.84 Å². The van der Waals surface area contributed by atoms with Crippen LogP contribution in [0, 0.1) is 0 Å². The molecule has 0 bridgehead atoms. The molecular formula is C14H26O4. The number of carbonyl (C=O) groups excluding carboxylic acids is 1. The van der Waals surface area contributed by atoms with E-state index in [9.17, 15) is 9.59 Å². The van der Waals surface area contributed by atoms with E-state index >= 15 is 0 Å². The fourth-order valence-corrected chi connectivity index (χ4v) is 1.79. The van der Waals surface area contributed by atoms with Crippen molar-refractivity contribution in [1.29, 1.82) is 0 Å². The Hall–Kier alpha value is -1.06. The van der Waals surface area contributed by atoms with Gasteiger partial charge in [0.15, 0.2) is 6.61 Å². The molecule has 4 nitrogen and oxygen atoms in total. The van der Waals surface area contributed by atoms with Crippen LogP contribution >= 0.6 is 0 Å². The van der Waals surface area contributed by atoms with Crippen LogP contribution in [0.5, 0.6) is 0 Å². The number of hydrogen-bond acceptors (Lipinski definition) is 3. The maximum absolute atomic E-state index is 11.1. The lowest BCUT2D eigenvalue weighted by Gasteiger charge is -2.02. The fraction of sp³-hybridized carbons (Fsp3) is 0.857. The predicted octanol–water partition coefficient (Wildman–Crippen LogP) is 3.54. The Morgan fingerprint density at radius 2 is 1.39 bits per heavy atom. The molecule has 0 aromatic rings. The van der Waals surface area contributed by atoms with Gasteiger partial charge in [0.1, 0.15) is 0 Å². The second kappa shape index (κ2) is 12.4. The second-order valence-corrected chi connectivity index (χ2v) is 4.63. The summed E-state index contributed by atoms with van der Waals surface area (Å²) in [5.74, 6) is -1.50. The number of hydrogen-bond donors (Lipinski definition) is 1. The third-order valence-electron chi connectivity index (χ3n) is 2.84. The van der Waals surface area contributed by atoms with Gasteiger partial charge in [-0.3, -0.25) is 4.79 Å². The minimum Gasteiger partial charge on any atom is -0.479 e. The van der Waals surface area contributed by atoms with Gasteiger partial charge in [-0.2, -0.15) is 0 Å². The number of carbonyl (C=O) groups is 2. The minimum atomic E-state index is -1.10. The number of aliphatic carboxylic acids is 1. The number of esters is 1. The van der Waals surface area contributed by atoms with Crippen molar-refractivity contribution in [2.24, 2.45) is 0 Å². The molecule has 0 unspecified atom stereocenters. The molecule has 0 aliphatic rings. The Morgan fingerprint density at radius 3 is 1.89 bits per heavy atom. The maximum atomic E-state index is 11.1. The zero-order chi connectivity index (χ0) is 13.6. The highest BCUT2D eigenvalue weighted by Crippen LogP contribution is 2.10. The first-order valence-corrected chi connectivity index (χ1v) is 7.04. The quantitative estimate of drug-likeness (QED) is 0.429. The normalized spacial score (nSPS) is 10.3. The lowest BCUT2D eigenvalue weighted by Crippen LogP contribution is -2.12. The summed E-state index contributed by atoms with van der Waals surface area (Å²) < 4.78 is 4.54. The molecule has 0 saturated carbocycles. The SMILES string of the molecule is CCCCCCCCCCCC(=O)OCC(=O)O. The van der Waals surface area contributed by atoms with E-state index in [4.69, 9.17) is 5.11 Å². The first-order valence-electron chi connectivity index (χ1n) is 7.04. The average Bonchev–Trinajstić information content (AvgIpc) is 2.34. The van der Waals surface area contributed by atoms with E-state index < -0.39 is 18.5 Å². The highest BCUT2D eigenvalue weighted by molar-refractivity contribution is 5.75. The van der Waals surface area contributed by atoms with Crippen LogP contribution in [-0.4, -0.2) is 23.7 Å². The van der Waals surface area contributed by atoms with Crippen molar-refractivity contribution in [2.45, 2.75) is 71.1 Å². The van der Waals surface area contributed by atoms with Crippen LogP contribution < -0.4 is 0 Å². The van der Waals surface area contributed by atoms with Crippen LogP contribution in [0.3, 0.4) is 0 Å². The van der Waals surface area contributed by atoms with Gasteiger partial charge in [-0.05, 0) is 6.42 Å². The topological polar surface area (TPSA) is 63.6 Å². The van der Waals surface area contributed by atoms with Crippen molar-refractivity contribution >= 4 is 11.9 Å². The molecule has 0 saturated heterocycles. The Labute approximate surface area is 110 Å². The van der Waals surface area contributed by atoms with E-state index in [1.165, 1.54) is 38.5 Å². The molecule has 0 aliphatic heterocycles. The highest BCUT2D eigenvalue weighted by Gasteiger charge is 2.05. The van der Waals surface area contributed by atoms with E-state index in [0.717, 1.165) is 19.3 Å². The first kappa shape index (κ1) is 16.9. The Kier molecular flexibility index (Phi) is 11.7. The van der Waals surface area contributed by atoms with Crippen LogP contribution in [0.15, 0.2) is 0 Å². The smallest absolute Gasteiger partial charge is 0.341 e. The first-order chi connectivity index (χ1) is 8.66. The highest BCUT2D eigenvalue weighted by atomic mass is 16.5. The Morgan fingerprint density at radius 1 is 0.889 bits per heavy atom. The monoisotopic (exact) mass is 258 g/mol. The van der Waals surface area contributed by atoms with Gasteiger partial charge in [0.25, 0.3) is 0 Å². The zero-order valence-electron chi connectivity index (χ0n) is 11.5. The van der Waals surface area contributed by atoms with Crippen molar-refractivity contribution in [1.82, 2.24) is 0 Å². The van der Waals surface area contributed by atoms with Gasteiger partial charge in [-0.1, -0.05) is 58.3 Å². The Bertz CT molecular complexity index is 226. The van der Waals surface area contributed by atoms with Gasteiger partial charge >= 0.3 is 11.9 Å². The number of carboxylic acids is 1. The molecule has 0 aromatic carbocycles. The summed E-state index contributed by atoms with van der Waals surface area (Å²) in [6, 6.07) is 0. The molecule has 0 amide bonds. The standard InChI is InChI=1S/C14H26O4/c1-2-3-4-5-6-7-8-9-10-11-14(17)18-12-13(15)16/h2-12H2,1H3,(H,15,16). The summed E-state index contributed by atoms with van der Waals surface area (Å²) in [5.41, 5.74) is 0. The predicted molar refractivity (Wildman–Crippen MR) is 70.4 cm³/mol. The molecule has 18 heavy (non-hydrogen) atoms.